The Morgan fingerprint density at radius 2 is 1.88 bits per heavy atom. The molecule has 0 aliphatic carbocycles. The minimum atomic E-state index is -0.726. The van der Waals surface area contributed by atoms with E-state index in [9.17, 15) is 4.79 Å². The van der Waals surface area contributed by atoms with Crippen molar-refractivity contribution >= 4 is 34.3 Å². The summed E-state index contributed by atoms with van der Waals surface area (Å²) in [4.78, 5) is 15.6. The zero-order valence-electron chi connectivity index (χ0n) is 14.4. The molecule has 6 heteroatoms. The summed E-state index contributed by atoms with van der Waals surface area (Å²) in [6, 6.07) is 9.47. The molecule has 1 unspecified atom stereocenters. The summed E-state index contributed by atoms with van der Waals surface area (Å²) in [5.74, 6) is -0.726. The van der Waals surface area contributed by atoms with Gasteiger partial charge in [-0.25, -0.2) is 0 Å². The Bertz CT molecular complexity index is 504. The molecule has 0 saturated carbocycles. The Hall–Kier alpha value is -0.620. The van der Waals surface area contributed by atoms with Crippen LogP contribution in [0.3, 0.4) is 0 Å². The van der Waals surface area contributed by atoms with Gasteiger partial charge in [-0.15, -0.1) is 12.4 Å². The van der Waals surface area contributed by atoms with Crippen LogP contribution in [0.1, 0.15) is 44.7 Å². The van der Waals surface area contributed by atoms with Gasteiger partial charge in [-0.3, -0.25) is 14.6 Å². The first-order chi connectivity index (χ1) is 11.0. The van der Waals surface area contributed by atoms with Crippen molar-refractivity contribution in [2.75, 3.05) is 26.2 Å². The quantitative estimate of drug-likeness (QED) is 0.719. The molecule has 1 fully saturated rings. The predicted molar refractivity (Wildman–Crippen MR) is 104 cm³/mol. The zero-order valence-corrected chi connectivity index (χ0v) is 16.9. The fraction of sp³-hybridized carbons (Fsp3) is 0.611. The first-order valence-corrected chi connectivity index (χ1v) is 9.29. The third-order valence-corrected chi connectivity index (χ3v) is 5.37. The maximum Gasteiger partial charge on any atom is 0.317 e. The molecule has 4 nitrogen and oxygen atoms in total. The van der Waals surface area contributed by atoms with Crippen LogP contribution in [0.25, 0.3) is 0 Å². The Labute approximate surface area is 159 Å². The molecule has 1 aliphatic rings. The summed E-state index contributed by atoms with van der Waals surface area (Å²) in [7, 11) is 0. The van der Waals surface area contributed by atoms with Gasteiger partial charge in [-0.1, -0.05) is 41.9 Å². The van der Waals surface area contributed by atoms with Crippen molar-refractivity contribution < 1.29 is 9.90 Å². The van der Waals surface area contributed by atoms with Crippen LogP contribution in [-0.4, -0.2) is 53.1 Å². The molecule has 0 aromatic heterocycles. The lowest BCUT2D eigenvalue weighted by molar-refractivity contribution is -0.139. The van der Waals surface area contributed by atoms with Crippen LogP contribution < -0.4 is 0 Å². The van der Waals surface area contributed by atoms with Gasteiger partial charge < -0.3 is 5.11 Å². The predicted octanol–water partition coefficient (Wildman–Crippen LogP) is 4.19. The van der Waals surface area contributed by atoms with Crippen molar-refractivity contribution in [2.24, 2.45) is 0 Å². The standard InChI is InChI=1S/C18H27BrN2O2.ClH/c1-3-17(14-5-7-15(19)8-6-14)21-11-9-16(10-12-21)20(4-2)13-18(22)23;/h5-8,16-17H,3-4,9-13H2,1-2H3,(H,22,23);1H. The van der Waals surface area contributed by atoms with Crippen molar-refractivity contribution in [3.63, 3.8) is 0 Å². The SMILES string of the molecule is CCC(c1ccc(Br)cc1)N1CCC(N(CC)CC(=O)O)CC1.Cl. The molecular weight excluding hydrogens is 392 g/mol. The van der Waals surface area contributed by atoms with E-state index >= 15 is 0 Å². The molecule has 1 heterocycles. The van der Waals surface area contributed by atoms with E-state index < -0.39 is 5.97 Å². The number of rotatable bonds is 7. The average Bonchev–Trinajstić information content (AvgIpc) is 2.55. The molecule has 0 amide bonds. The number of benzene rings is 1. The molecule has 0 radical (unpaired) electrons. The highest BCUT2D eigenvalue weighted by molar-refractivity contribution is 9.10. The Kier molecular flexibility index (Phi) is 9.27. The normalized spacial score (nSPS) is 17.5. The summed E-state index contributed by atoms with van der Waals surface area (Å²) < 4.78 is 1.11. The number of carboxylic acid groups (broad SMARTS) is 1. The number of halogens is 2. The summed E-state index contributed by atoms with van der Waals surface area (Å²) in [6.07, 6.45) is 3.20. The molecule has 0 spiro atoms. The molecule has 24 heavy (non-hydrogen) atoms. The minimum absolute atomic E-state index is 0. The van der Waals surface area contributed by atoms with Gasteiger partial charge in [0.15, 0.2) is 0 Å². The number of aliphatic carboxylic acids is 1. The van der Waals surface area contributed by atoms with Crippen molar-refractivity contribution in [3.05, 3.63) is 34.3 Å². The van der Waals surface area contributed by atoms with E-state index in [0.717, 1.165) is 43.4 Å². The number of nitrogens with zero attached hydrogens (tertiary/aromatic N) is 2. The second-order valence-electron chi connectivity index (χ2n) is 6.20. The van der Waals surface area contributed by atoms with E-state index in [1.807, 2.05) is 6.92 Å². The monoisotopic (exact) mass is 418 g/mol. The Morgan fingerprint density at radius 3 is 2.33 bits per heavy atom. The first kappa shape index (κ1) is 21.4. The van der Waals surface area contributed by atoms with Crippen molar-refractivity contribution in [1.82, 2.24) is 9.80 Å². The van der Waals surface area contributed by atoms with Gasteiger partial charge in [0, 0.05) is 29.6 Å². The maximum atomic E-state index is 11.0. The number of hydrogen-bond donors (Lipinski definition) is 1. The molecule has 1 aromatic rings. The molecule has 0 bridgehead atoms. The summed E-state index contributed by atoms with van der Waals surface area (Å²) in [6.45, 7) is 7.32. The van der Waals surface area contributed by atoms with Crippen molar-refractivity contribution in [1.29, 1.82) is 0 Å². The van der Waals surface area contributed by atoms with E-state index in [2.05, 4.69) is 56.9 Å². The van der Waals surface area contributed by atoms with E-state index in [0.29, 0.717) is 12.1 Å². The number of piperidine rings is 1. The number of carboxylic acids is 1. The highest BCUT2D eigenvalue weighted by Gasteiger charge is 2.28. The third-order valence-electron chi connectivity index (χ3n) is 4.84. The summed E-state index contributed by atoms with van der Waals surface area (Å²) >= 11 is 3.50. The van der Waals surface area contributed by atoms with E-state index in [1.165, 1.54) is 5.56 Å². The van der Waals surface area contributed by atoms with Crippen LogP contribution in [0.4, 0.5) is 0 Å². The third kappa shape index (κ3) is 5.73. The van der Waals surface area contributed by atoms with E-state index in [4.69, 9.17) is 5.11 Å². The van der Waals surface area contributed by atoms with Crippen LogP contribution in [0, 0.1) is 0 Å². The van der Waals surface area contributed by atoms with Gasteiger partial charge in [-0.05, 0) is 43.5 Å². The lowest BCUT2D eigenvalue weighted by atomic mass is 9.97. The number of likely N-dealkylation sites (tertiary alicyclic amines) is 1. The van der Waals surface area contributed by atoms with Gasteiger partial charge in [0.05, 0.1) is 6.54 Å². The fourth-order valence-electron chi connectivity index (χ4n) is 3.63. The van der Waals surface area contributed by atoms with E-state index in [-0.39, 0.29) is 19.0 Å². The van der Waals surface area contributed by atoms with Gasteiger partial charge in [0.25, 0.3) is 0 Å². The molecule has 136 valence electrons. The van der Waals surface area contributed by atoms with Gasteiger partial charge >= 0.3 is 5.97 Å². The second-order valence-corrected chi connectivity index (χ2v) is 7.12. The number of carbonyl (C=O) groups is 1. The second kappa shape index (κ2) is 10.4. The highest BCUT2D eigenvalue weighted by atomic mass is 79.9. The fourth-order valence-corrected chi connectivity index (χ4v) is 3.89. The first-order valence-electron chi connectivity index (χ1n) is 8.50. The highest BCUT2D eigenvalue weighted by Crippen LogP contribution is 2.29. The molecule has 1 N–H and O–H groups in total. The maximum absolute atomic E-state index is 11.0. The summed E-state index contributed by atoms with van der Waals surface area (Å²) in [5, 5.41) is 9.04. The largest absolute Gasteiger partial charge is 0.480 e. The Balaban J connectivity index is 0.00000288. The topological polar surface area (TPSA) is 43.8 Å². The van der Waals surface area contributed by atoms with Crippen LogP contribution in [0.15, 0.2) is 28.7 Å². The molecule has 1 atom stereocenters. The molecule has 1 saturated heterocycles. The molecule has 1 aliphatic heterocycles. The molecule has 1 aromatic carbocycles. The lowest BCUT2D eigenvalue weighted by Gasteiger charge is -2.41. The molecular formula is C18H28BrClN2O2. The van der Waals surface area contributed by atoms with Crippen LogP contribution in [0.2, 0.25) is 0 Å². The van der Waals surface area contributed by atoms with Gasteiger partial charge in [0.1, 0.15) is 0 Å². The van der Waals surface area contributed by atoms with E-state index in [1.54, 1.807) is 0 Å². The lowest BCUT2D eigenvalue weighted by Crippen LogP contribution is -2.47. The van der Waals surface area contributed by atoms with Crippen LogP contribution in [-0.2, 0) is 4.79 Å². The zero-order chi connectivity index (χ0) is 16.8. The number of likely N-dealkylation sites (N-methyl/N-ethyl adjacent to an activating group) is 1. The van der Waals surface area contributed by atoms with Crippen LogP contribution >= 0.6 is 28.3 Å². The molecule has 2 rings (SSSR count). The van der Waals surface area contributed by atoms with Crippen LogP contribution in [0.5, 0.6) is 0 Å². The van der Waals surface area contributed by atoms with Crippen molar-refractivity contribution in [2.45, 2.75) is 45.2 Å². The Morgan fingerprint density at radius 1 is 1.29 bits per heavy atom. The van der Waals surface area contributed by atoms with Gasteiger partial charge in [0.2, 0.25) is 0 Å². The smallest absolute Gasteiger partial charge is 0.317 e. The minimum Gasteiger partial charge on any atom is -0.480 e. The van der Waals surface area contributed by atoms with Gasteiger partial charge in [-0.2, -0.15) is 0 Å². The summed E-state index contributed by atoms with van der Waals surface area (Å²) in [5.41, 5.74) is 1.37. The van der Waals surface area contributed by atoms with Crippen molar-refractivity contribution in [3.8, 4) is 0 Å². The average molecular weight is 420 g/mol. The number of hydrogen-bond acceptors (Lipinski definition) is 3.